The van der Waals surface area contributed by atoms with E-state index in [4.69, 9.17) is 4.74 Å². The molecule has 2 aromatic heterocycles. The van der Waals surface area contributed by atoms with Crippen LogP contribution in [-0.2, 0) is 18.2 Å². The number of nitrogens with zero attached hydrogens (tertiary/aromatic N) is 3. The van der Waals surface area contributed by atoms with Crippen LogP contribution in [0.15, 0.2) is 36.8 Å². The van der Waals surface area contributed by atoms with E-state index in [-0.39, 0.29) is 0 Å². The highest BCUT2D eigenvalue weighted by Gasteiger charge is 2.17. The summed E-state index contributed by atoms with van der Waals surface area (Å²) in [5.41, 5.74) is 4.41. The molecule has 1 aliphatic heterocycles. The second-order valence-electron chi connectivity index (χ2n) is 6.60. The number of ether oxygens (including phenoxy) is 1. The molecule has 1 atom stereocenters. The lowest BCUT2D eigenvalue weighted by molar-refractivity contribution is 0.0551. The monoisotopic (exact) mass is 448 g/mol. The lowest BCUT2D eigenvalue weighted by atomic mass is 9.93. The number of anilines is 2. The van der Waals surface area contributed by atoms with Crippen molar-refractivity contribution < 1.29 is 4.74 Å². The highest BCUT2D eigenvalue weighted by molar-refractivity contribution is 14.1. The molecule has 4 rings (SSSR count). The number of nitrogens with one attached hydrogen (secondary N) is 1. The van der Waals surface area contributed by atoms with Gasteiger partial charge in [0.1, 0.15) is 11.8 Å². The van der Waals surface area contributed by atoms with Crippen LogP contribution in [0.3, 0.4) is 0 Å². The standard InChI is InChI=1S/C19H21IN4O/c1-24-7-6-17-18(24)19(22-12-21-17)23-16-5-4-15(20)10-14(16)9-13-3-2-8-25-11-13/h4-7,10,12-13H,2-3,8-9,11H2,1H3,(H,21,22,23)/t13-/m0/s1. The van der Waals surface area contributed by atoms with Crippen molar-refractivity contribution in [2.45, 2.75) is 19.3 Å². The van der Waals surface area contributed by atoms with Crippen LogP contribution in [0.5, 0.6) is 0 Å². The van der Waals surface area contributed by atoms with E-state index in [1.54, 1.807) is 6.33 Å². The van der Waals surface area contributed by atoms with Crippen molar-refractivity contribution in [2.24, 2.45) is 13.0 Å². The van der Waals surface area contributed by atoms with E-state index < -0.39 is 0 Å². The molecule has 0 spiro atoms. The maximum atomic E-state index is 5.66. The lowest BCUT2D eigenvalue weighted by Crippen LogP contribution is -2.19. The summed E-state index contributed by atoms with van der Waals surface area (Å²) in [6.45, 7) is 1.76. The minimum Gasteiger partial charge on any atom is -0.381 e. The first-order valence-electron chi connectivity index (χ1n) is 8.60. The summed E-state index contributed by atoms with van der Waals surface area (Å²) in [6, 6.07) is 8.56. The Labute approximate surface area is 161 Å². The second-order valence-corrected chi connectivity index (χ2v) is 7.84. The van der Waals surface area contributed by atoms with E-state index >= 15 is 0 Å². The highest BCUT2D eigenvalue weighted by Crippen LogP contribution is 2.29. The molecule has 5 nitrogen and oxygen atoms in total. The third kappa shape index (κ3) is 3.64. The molecular weight excluding hydrogens is 427 g/mol. The fourth-order valence-corrected chi connectivity index (χ4v) is 4.03. The molecule has 0 amide bonds. The molecule has 1 aliphatic rings. The zero-order chi connectivity index (χ0) is 17.2. The summed E-state index contributed by atoms with van der Waals surface area (Å²) in [4.78, 5) is 8.82. The van der Waals surface area contributed by atoms with Gasteiger partial charge in [0.15, 0.2) is 5.82 Å². The van der Waals surface area contributed by atoms with Crippen LogP contribution in [0.25, 0.3) is 11.0 Å². The summed E-state index contributed by atoms with van der Waals surface area (Å²) in [6.07, 6.45) is 7.05. The van der Waals surface area contributed by atoms with E-state index in [2.05, 4.69) is 60.6 Å². The minimum absolute atomic E-state index is 0.591. The van der Waals surface area contributed by atoms with Crippen molar-refractivity contribution in [1.82, 2.24) is 14.5 Å². The molecule has 3 aromatic rings. The van der Waals surface area contributed by atoms with Crippen LogP contribution < -0.4 is 5.32 Å². The van der Waals surface area contributed by atoms with Gasteiger partial charge in [0.05, 0.1) is 5.52 Å². The average Bonchev–Trinajstić information content (AvgIpc) is 3.00. The van der Waals surface area contributed by atoms with E-state index in [0.29, 0.717) is 5.92 Å². The van der Waals surface area contributed by atoms with E-state index in [1.165, 1.54) is 15.6 Å². The van der Waals surface area contributed by atoms with Crippen LogP contribution in [0.4, 0.5) is 11.5 Å². The van der Waals surface area contributed by atoms with Crippen molar-refractivity contribution in [3.8, 4) is 0 Å². The molecule has 0 aliphatic carbocycles. The van der Waals surface area contributed by atoms with Gasteiger partial charge in [0.25, 0.3) is 0 Å². The van der Waals surface area contributed by atoms with Crippen molar-refractivity contribution in [1.29, 1.82) is 0 Å². The maximum Gasteiger partial charge on any atom is 0.158 e. The summed E-state index contributed by atoms with van der Waals surface area (Å²) < 4.78 is 8.97. The molecule has 0 bridgehead atoms. The largest absolute Gasteiger partial charge is 0.381 e. The van der Waals surface area contributed by atoms with Crippen LogP contribution in [0.1, 0.15) is 18.4 Å². The Kier molecular flexibility index (Phi) is 4.89. The summed E-state index contributed by atoms with van der Waals surface area (Å²) in [5, 5.41) is 3.54. The zero-order valence-corrected chi connectivity index (χ0v) is 16.4. The number of hydrogen-bond acceptors (Lipinski definition) is 4. The average molecular weight is 448 g/mol. The third-order valence-corrected chi connectivity index (χ3v) is 5.41. The molecule has 3 heterocycles. The highest BCUT2D eigenvalue weighted by atomic mass is 127. The van der Waals surface area contributed by atoms with Crippen LogP contribution in [0, 0.1) is 9.49 Å². The lowest BCUT2D eigenvalue weighted by Gasteiger charge is -2.23. The Bertz CT molecular complexity index is 886. The van der Waals surface area contributed by atoms with Gasteiger partial charge in [-0.2, -0.15) is 0 Å². The third-order valence-electron chi connectivity index (χ3n) is 4.74. The number of rotatable bonds is 4. The molecule has 25 heavy (non-hydrogen) atoms. The fourth-order valence-electron chi connectivity index (χ4n) is 3.47. The molecule has 0 saturated carbocycles. The van der Waals surface area contributed by atoms with Crippen molar-refractivity contribution in [3.63, 3.8) is 0 Å². The molecule has 1 N–H and O–H groups in total. The molecule has 1 fully saturated rings. The van der Waals surface area contributed by atoms with Crippen molar-refractivity contribution in [2.75, 3.05) is 18.5 Å². The zero-order valence-electron chi connectivity index (χ0n) is 14.2. The van der Waals surface area contributed by atoms with Crippen molar-refractivity contribution >= 4 is 45.1 Å². The number of halogens is 1. The van der Waals surface area contributed by atoms with E-state index in [0.717, 1.165) is 48.6 Å². The molecule has 0 radical (unpaired) electrons. The first-order chi connectivity index (χ1) is 12.2. The normalized spacial score (nSPS) is 17.8. The van der Waals surface area contributed by atoms with Crippen LogP contribution in [0.2, 0.25) is 0 Å². The molecule has 6 heteroatoms. The number of aromatic nitrogens is 3. The maximum absolute atomic E-state index is 5.66. The smallest absolute Gasteiger partial charge is 0.158 e. The van der Waals surface area contributed by atoms with Crippen LogP contribution in [-0.4, -0.2) is 27.7 Å². The Balaban J connectivity index is 1.66. The second kappa shape index (κ2) is 7.29. The Morgan fingerprint density at radius 3 is 3.08 bits per heavy atom. The SMILES string of the molecule is Cn1ccc2ncnc(Nc3ccc(I)cc3C[C@@H]3CCCOC3)c21. The number of fused-ring (bicyclic) bond motifs is 1. The topological polar surface area (TPSA) is 52.0 Å². The number of aryl methyl sites for hydroxylation is 1. The van der Waals surface area contributed by atoms with Gasteiger partial charge in [-0.25, -0.2) is 9.97 Å². The number of hydrogen-bond donors (Lipinski definition) is 1. The Hall–Kier alpha value is -1.67. The molecule has 1 aromatic carbocycles. The molecular formula is C19H21IN4O. The predicted molar refractivity (Wildman–Crippen MR) is 108 cm³/mol. The predicted octanol–water partition coefficient (Wildman–Crippen LogP) is 4.29. The number of benzene rings is 1. The Morgan fingerprint density at radius 1 is 1.32 bits per heavy atom. The van der Waals surface area contributed by atoms with Gasteiger partial charge >= 0.3 is 0 Å². The summed E-state index contributed by atoms with van der Waals surface area (Å²) >= 11 is 2.38. The summed E-state index contributed by atoms with van der Waals surface area (Å²) in [7, 11) is 2.02. The van der Waals surface area contributed by atoms with Gasteiger partial charge in [0.2, 0.25) is 0 Å². The van der Waals surface area contributed by atoms with E-state index in [9.17, 15) is 0 Å². The first kappa shape index (κ1) is 16.8. The Morgan fingerprint density at radius 2 is 2.24 bits per heavy atom. The van der Waals surface area contributed by atoms with Crippen molar-refractivity contribution in [3.05, 3.63) is 45.9 Å². The fraction of sp³-hybridized carbons (Fsp3) is 0.368. The molecule has 130 valence electrons. The van der Waals surface area contributed by atoms with E-state index in [1.807, 2.05) is 19.3 Å². The minimum atomic E-state index is 0.591. The van der Waals surface area contributed by atoms with Gasteiger partial charge in [-0.3, -0.25) is 0 Å². The molecule has 1 saturated heterocycles. The van der Waals surface area contributed by atoms with Crippen LogP contribution >= 0.6 is 22.6 Å². The first-order valence-corrected chi connectivity index (χ1v) is 9.68. The van der Waals surface area contributed by atoms with Gasteiger partial charge in [0, 0.05) is 35.7 Å². The van der Waals surface area contributed by atoms with Gasteiger partial charge in [-0.05, 0) is 77.6 Å². The quantitative estimate of drug-likeness (QED) is 0.606. The van der Waals surface area contributed by atoms with Gasteiger partial charge < -0.3 is 14.6 Å². The van der Waals surface area contributed by atoms with Gasteiger partial charge in [-0.15, -0.1) is 0 Å². The van der Waals surface area contributed by atoms with Gasteiger partial charge in [-0.1, -0.05) is 0 Å². The molecule has 0 unspecified atom stereocenters. The summed E-state index contributed by atoms with van der Waals surface area (Å²) in [5.74, 6) is 1.44.